The van der Waals surface area contributed by atoms with Crippen molar-refractivity contribution in [1.29, 1.82) is 0 Å². The van der Waals surface area contributed by atoms with E-state index < -0.39 is 5.60 Å². The molecule has 0 aromatic carbocycles. The first-order chi connectivity index (χ1) is 12.4. The van der Waals surface area contributed by atoms with E-state index in [1.54, 1.807) is 6.42 Å². The number of hydrogen-bond acceptors (Lipinski definition) is 1. The predicted molar refractivity (Wildman–Crippen MR) is 108 cm³/mol. The van der Waals surface area contributed by atoms with Crippen molar-refractivity contribution in [3.63, 3.8) is 0 Å². The maximum Gasteiger partial charge on any atom is 0.0675 e. The molecule has 5 aliphatic rings. The van der Waals surface area contributed by atoms with Gasteiger partial charge in [0.05, 0.1) is 5.60 Å². The van der Waals surface area contributed by atoms with Gasteiger partial charge in [-0.25, -0.2) is 0 Å². The molecule has 0 heterocycles. The molecule has 0 aromatic rings. The van der Waals surface area contributed by atoms with Gasteiger partial charge in [-0.05, 0) is 111 Å². The molecule has 26 heavy (non-hydrogen) atoms. The van der Waals surface area contributed by atoms with Crippen LogP contribution in [0.5, 0.6) is 0 Å². The van der Waals surface area contributed by atoms with E-state index in [4.69, 9.17) is 0 Å². The monoisotopic (exact) mass is 358 g/mol. The first-order valence-electron chi connectivity index (χ1n) is 12.1. The second kappa shape index (κ2) is 5.98. The molecule has 148 valence electrons. The molecule has 1 heteroatoms. The van der Waals surface area contributed by atoms with Crippen molar-refractivity contribution in [2.24, 2.45) is 46.3 Å². The summed E-state index contributed by atoms with van der Waals surface area (Å²) >= 11 is 0. The molecule has 5 rings (SSSR count). The van der Waals surface area contributed by atoms with Gasteiger partial charge in [0, 0.05) is 0 Å². The van der Waals surface area contributed by atoms with Crippen LogP contribution >= 0.6 is 0 Å². The van der Waals surface area contributed by atoms with Crippen molar-refractivity contribution in [1.82, 2.24) is 0 Å². The average Bonchev–Trinajstić information content (AvgIpc) is 3.21. The molecule has 1 N–H and O–H groups in total. The molecule has 0 saturated heterocycles. The summed E-state index contributed by atoms with van der Waals surface area (Å²) in [7, 11) is 0. The van der Waals surface area contributed by atoms with Gasteiger partial charge in [-0.1, -0.05) is 39.5 Å². The van der Waals surface area contributed by atoms with Crippen LogP contribution in [0.3, 0.4) is 0 Å². The highest BCUT2D eigenvalue weighted by Crippen LogP contribution is 2.68. The van der Waals surface area contributed by atoms with Crippen LogP contribution in [0, 0.1) is 46.3 Å². The Morgan fingerprint density at radius 3 is 2.19 bits per heavy atom. The van der Waals surface area contributed by atoms with Crippen molar-refractivity contribution in [2.45, 2.75) is 110 Å². The topological polar surface area (TPSA) is 20.2 Å². The normalized spacial score (nSPS) is 57.5. The van der Waals surface area contributed by atoms with Gasteiger partial charge < -0.3 is 5.11 Å². The third-order valence-electron chi connectivity index (χ3n) is 11.3. The SMILES string of the molecule is CC12CCC(C3CCCC3)CC1CCC1C2CCC2(C)C1CCC2(C)O. The number of aliphatic hydroxyl groups is 1. The van der Waals surface area contributed by atoms with Crippen molar-refractivity contribution in [3.05, 3.63) is 0 Å². The summed E-state index contributed by atoms with van der Waals surface area (Å²) in [6, 6.07) is 0. The molecule has 0 aromatic heterocycles. The van der Waals surface area contributed by atoms with Gasteiger partial charge in [-0.3, -0.25) is 0 Å². The Hall–Kier alpha value is -0.0400. The maximum absolute atomic E-state index is 11.1. The van der Waals surface area contributed by atoms with Gasteiger partial charge in [0.15, 0.2) is 0 Å². The minimum Gasteiger partial charge on any atom is -0.390 e. The number of rotatable bonds is 1. The molecule has 8 atom stereocenters. The van der Waals surface area contributed by atoms with Crippen molar-refractivity contribution >= 4 is 0 Å². The minimum absolute atomic E-state index is 0.193. The van der Waals surface area contributed by atoms with E-state index in [2.05, 4.69) is 20.8 Å². The largest absolute Gasteiger partial charge is 0.390 e. The van der Waals surface area contributed by atoms with Gasteiger partial charge >= 0.3 is 0 Å². The lowest BCUT2D eigenvalue weighted by Gasteiger charge is -2.62. The fourth-order valence-electron chi connectivity index (χ4n) is 9.39. The molecule has 0 amide bonds. The Morgan fingerprint density at radius 1 is 0.692 bits per heavy atom. The summed E-state index contributed by atoms with van der Waals surface area (Å²) in [5.41, 5.74) is 0.396. The van der Waals surface area contributed by atoms with Gasteiger partial charge in [-0.2, -0.15) is 0 Å². The van der Waals surface area contributed by atoms with Gasteiger partial charge in [0.25, 0.3) is 0 Å². The van der Waals surface area contributed by atoms with Crippen LogP contribution in [-0.2, 0) is 0 Å². The zero-order chi connectivity index (χ0) is 18.2. The summed E-state index contributed by atoms with van der Waals surface area (Å²) < 4.78 is 0. The van der Waals surface area contributed by atoms with Crippen LogP contribution in [0.1, 0.15) is 104 Å². The van der Waals surface area contributed by atoms with Gasteiger partial charge in [0.2, 0.25) is 0 Å². The lowest BCUT2D eigenvalue weighted by Crippen LogP contribution is -2.56. The molecular formula is C25H42O. The van der Waals surface area contributed by atoms with Crippen LogP contribution in [0.25, 0.3) is 0 Å². The van der Waals surface area contributed by atoms with Gasteiger partial charge in [-0.15, -0.1) is 0 Å². The van der Waals surface area contributed by atoms with E-state index >= 15 is 0 Å². The molecule has 8 unspecified atom stereocenters. The third-order valence-corrected chi connectivity index (χ3v) is 11.3. The lowest BCUT2D eigenvalue weighted by atomic mass is 9.43. The predicted octanol–water partition coefficient (Wildman–Crippen LogP) is 6.59. The highest BCUT2D eigenvalue weighted by Gasteiger charge is 2.63. The zero-order valence-electron chi connectivity index (χ0n) is 17.6. The summed E-state index contributed by atoms with van der Waals surface area (Å²) in [4.78, 5) is 0. The number of hydrogen-bond donors (Lipinski definition) is 1. The summed E-state index contributed by atoms with van der Waals surface area (Å²) in [6.45, 7) is 7.29. The van der Waals surface area contributed by atoms with Crippen LogP contribution in [0.4, 0.5) is 0 Å². The quantitative estimate of drug-likeness (QED) is 0.561. The molecule has 0 aliphatic heterocycles. The molecule has 0 radical (unpaired) electrons. The van der Waals surface area contributed by atoms with Crippen molar-refractivity contribution < 1.29 is 5.11 Å². The Morgan fingerprint density at radius 2 is 1.42 bits per heavy atom. The smallest absolute Gasteiger partial charge is 0.0675 e. The van der Waals surface area contributed by atoms with E-state index in [1.807, 2.05) is 0 Å². The highest BCUT2D eigenvalue weighted by atomic mass is 16.3. The van der Waals surface area contributed by atoms with Crippen LogP contribution in [0.2, 0.25) is 0 Å². The zero-order valence-corrected chi connectivity index (χ0v) is 17.6. The molecule has 5 fully saturated rings. The van der Waals surface area contributed by atoms with Crippen LogP contribution in [-0.4, -0.2) is 10.7 Å². The summed E-state index contributed by atoms with van der Waals surface area (Å²) in [5.74, 6) is 5.81. The fourth-order valence-corrected chi connectivity index (χ4v) is 9.39. The molecule has 0 bridgehead atoms. The first-order valence-corrected chi connectivity index (χ1v) is 12.1. The molecular weight excluding hydrogens is 316 g/mol. The minimum atomic E-state index is -0.416. The van der Waals surface area contributed by atoms with Crippen LogP contribution in [0.15, 0.2) is 0 Å². The maximum atomic E-state index is 11.1. The van der Waals surface area contributed by atoms with E-state index in [0.29, 0.717) is 5.41 Å². The standard InChI is InChI=1S/C25H42O/c1-23-13-10-18(17-6-4-5-7-17)16-19(23)8-9-20-21(23)11-14-24(2)22(20)12-15-25(24,3)26/h17-22,26H,4-16H2,1-3H3. The second-order valence-corrected chi connectivity index (χ2v) is 12.0. The van der Waals surface area contributed by atoms with Gasteiger partial charge in [0.1, 0.15) is 0 Å². The Balaban J connectivity index is 1.36. The van der Waals surface area contributed by atoms with Crippen molar-refractivity contribution in [2.75, 3.05) is 0 Å². The van der Waals surface area contributed by atoms with Crippen molar-refractivity contribution in [3.8, 4) is 0 Å². The Labute approximate surface area is 161 Å². The summed E-state index contributed by atoms with van der Waals surface area (Å²) in [6.07, 6.45) is 18.7. The third kappa shape index (κ3) is 2.37. The summed E-state index contributed by atoms with van der Waals surface area (Å²) in [5, 5.41) is 11.1. The first kappa shape index (κ1) is 18.0. The average molecular weight is 359 g/mol. The molecule has 1 nitrogen and oxygen atoms in total. The van der Waals surface area contributed by atoms with E-state index in [1.165, 1.54) is 70.6 Å². The van der Waals surface area contributed by atoms with Crippen LogP contribution < -0.4 is 0 Å². The lowest BCUT2D eigenvalue weighted by molar-refractivity contribution is -0.151. The highest BCUT2D eigenvalue weighted by molar-refractivity contribution is 5.12. The second-order valence-electron chi connectivity index (χ2n) is 12.0. The number of fused-ring (bicyclic) bond motifs is 5. The van der Waals surface area contributed by atoms with E-state index in [-0.39, 0.29) is 5.41 Å². The van der Waals surface area contributed by atoms with E-state index in [0.717, 1.165) is 41.9 Å². The molecule has 5 saturated carbocycles. The molecule has 0 spiro atoms. The Bertz CT molecular complexity index is 546. The fraction of sp³-hybridized carbons (Fsp3) is 1.00. The van der Waals surface area contributed by atoms with E-state index in [9.17, 15) is 5.11 Å². The molecule has 5 aliphatic carbocycles. The Kier molecular flexibility index (Phi) is 4.14.